The van der Waals surface area contributed by atoms with E-state index >= 15 is 0 Å². The lowest BCUT2D eigenvalue weighted by Gasteiger charge is -2.18. The average Bonchev–Trinajstić information content (AvgIpc) is 2.86. The first-order chi connectivity index (χ1) is 9.70. The Morgan fingerprint density at radius 2 is 1.90 bits per heavy atom. The monoisotopic (exact) mass is 301 g/mol. The van der Waals surface area contributed by atoms with Crippen LogP contribution in [-0.4, -0.2) is 7.05 Å². The highest BCUT2D eigenvalue weighted by Gasteiger charge is 2.18. The summed E-state index contributed by atoms with van der Waals surface area (Å²) < 4.78 is 1.31. The van der Waals surface area contributed by atoms with E-state index in [0.717, 1.165) is 10.6 Å². The molecule has 102 valence electrons. The predicted octanol–water partition coefficient (Wildman–Crippen LogP) is 5.17. The van der Waals surface area contributed by atoms with Gasteiger partial charge in [0.15, 0.2) is 0 Å². The largest absolute Gasteiger partial charge is 0.309 e. The van der Waals surface area contributed by atoms with Crippen LogP contribution in [0.25, 0.3) is 10.1 Å². The van der Waals surface area contributed by atoms with Gasteiger partial charge in [0.25, 0.3) is 0 Å². The van der Waals surface area contributed by atoms with E-state index in [1.807, 2.05) is 13.1 Å². The van der Waals surface area contributed by atoms with Crippen LogP contribution < -0.4 is 5.32 Å². The SMILES string of the molecule is CNC(c1ccc(C)cc1Cl)c1csc2ccccc12. The summed E-state index contributed by atoms with van der Waals surface area (Å²) >= 11 is 8.21. The number of halogens is 1. The maximum Gasteiger partial charge on any atom is 0.0603 e. The van der Waals surface area contributed by atoms with E-state index in [9.17, 15) is 0 Å². The number of benzene rings is 2. The van der Waals surface area contributed by atoms with Crippen LogP contribution in [0.3, 0.4) is 0 Å². The Morgan fingerprint density at radius 1 is 1.10 bits per heavy atom. The van der Waals surface area contributed by atoms with Crippen molar-refractivity contribution in [2.45, 2.75) is 13.0 Å². The highest BCUT2D eigenvalue weighted by atomic mass is 35.5. The van der Waals surface area contributed by atoms with Gasteiger partial charge < -0.3 is 5.32 Å². The topological polar surface area (TPSA) is 12.0 Å². The third kappa shape index (κ3) is 2.35. The molecule has 1 heterocycles. The molecule has 0 spiro atoms. The Morgan fingerprint density at radius 3 is 2.65 bits per heavy atom. The minimum absolute atomic E-state index is 0.124. The lowest BCUT2D eigenvalue weighted by Crippen LogP contribution is -2.17. The van der Waals surface area contributed by atoms with Crippen molar-refractivity contribution in [1.29, 1.82) is 0 Å². The van der Waals surface area contributed by atoms with Gasteiger partial charge in [0, 0.05) is 9.72 Å². The molecule has 0 radical (unpaired) electrons. The highest BCUT2D eigenvalue weighted by Crippen LogP contribution is 2.35. The van der Waals surface area contributed by atoms with Gasteiger partial charge in [0.05, 0.1) is 6.04 Å². The predicted molar refractivity (Wildman–Crippen MR) is 88.9 cm³/mol. The minimum Gasteiger partial charge on any atom is -0.309 e. The second-order valence-electron chi connectivity index (χ2n) is 4.93. The van der Waals surface area contributed by atoms with Crippen LogP contribution in [-0.2, 0) is 0 Å². The van der Waals surface area contributed by atoms with Crippen LogP contribution in [0, 0.1) is 6.92 Å². The molecule has 0 aliphatic heterocycles. The molecular formula is C17H16ClNS. The first-order valence-corrected chi connectivity index (χ1v) is 7.86. The van der Waals surface area contributed by atoms with Crippen molar-refractivity contribution in [3.05, 3.63) is 69.6 Å². The van der Waals surface area contributed by atoms with Gasteiger partial charge >= 0.3 is 0 Å². The van der Waals surface area contributed by atoms with Crippen LogP contribution >= 0.6 is 22.9 Å². The molecule has 1 N–H and O–H groups in total. The molecule has 1 atom stereocenters. The summed E-state index contributed by atoms with van der Waals surface area (Å²) in [4.78, 5) is 0. The van der Waals surface area contributed by atoms with Crippen LogP contribution in [0.4, 0.5) is 0 Å². The zero-order valence-corrected chi connectivity index (χ0v) is 13.1. The van der Waals surface area contributed by atoms with E-state index in [0.29, 0.717) is 0 Å². The number of nitrogens with one attached hydrogen (secondary N) is 1. The van der Waals surface area contributed by atoms with Crippen LogP contribution in [0.5, 0.6) is 0 Å². The molecule has 0 fully saturated rings. The van der Waals surface area contributed by atoms with E-state index in [-0.39, 0.29) is 6.04 Å². The summed E-state index contributed by atoms with van der Waals surface area (Å²) in [5.74, 6) is 0. The van der Waals surface area contributed by atoms with Crippen LogP contribution in [0.1, 0.15) is 22.7 Å². The summed E-state index contributed by atoms with van der Waals surface area (Å²) in [6.45, 7) is 2.06. The average molecular weight is 302 g/mol. The van der Waals surface area contributed by atoms with Gasteiger partial charge in [-0.2, -0.15) is 0 Å². The number of aryl methyl sites for hydroxylation is 1. The van der Waals surface area contributed by atoms with Crippen LogP contribution in [0.2, 0.25) is 5.02 Å². The third-order valence-corrected chi connectivity index (χ3v) is 4.89. The molecular weight excluding hydrogens is 286 g/mol. The second kappa shape index (κ2) is 5.57. The van der Waals surface area contributed by atoms with Gasteiger partial charge in [-0.25, -0.2) is 0 Å². The van der Waals surface area contributed by atoms with E-state index in [1.54, 1.807) is 11.3 Å². The van der Waals surface area contributed by atoms with Crippen molar-refractivity contribution >= 4 is 33.0 Å². The summed E-state index contributed by atoms with van der Waals surface area (Å²) in [5, 5.41) is 7.74. The van der Waals surface area contributed by atoms with Crippen molar-refractivity contribution in [2.24, 2.45) is 0 Å². The van der Waals surface area contributed by atoms with Crippen LogP contribution in [0.15, 0.2) is 47.8 Å². The normalized spacial score (nSPS) is 12.8. The van der Waals surface area contributed by atoms with E-state index in [2.05, 4.69) is 54.0 Å². The Labute approximate surface area is 128 Å². The summed E-state index contributed by atoms with van der Waals surface area (Å²) in [7, 11) is 1.98. The maximum absolute atomic E-state index is 6.43. The van der Waals surface area contributed by atoms with Gasteiger partial charge in [-0.05, 0) is 53.6 Å². The molecule has 0 aliphatic carbocycles. The smallest absolute Gasteiger partial charge is 0.0603 e. The fraction of sp³-hybridized carbons (Fsp3) is 0.176. The van der Waals surface area contributed by atoms with Crippen molar-refractivity contribution in [1.82, 2.24) is 5.32 Å². The Hall–Kier alpha value is -1.35. The molecule has 2 aromatic carbocycles. The van der Waals surface area contributed by atoms with Gasteiger partial charge in [-0.15, -0.1) is 11.3 Å². The van der Waals surface area contributed by atoms with Gasteiger partial charge in [0.1, 0.15) is 0 Å². The van der Waals surface area contributed by atoms with Gasteiger partial charge in [-0.1, -0.05) is 41.9 Å². The molecule has 1 nitrogen and oxygen atoms in total. The van der Waals surface area contributed by atoms with Gasteiger partial charge in [0.2, 0.25) is 0 Å². The quantitative estimate of drug-likeness (QED) is 0.703. The fourth-order valence-corrected chi connectivity index (χ4v) is 3.90. The van der Waals surface area contributed by atoms with Crippen molar-refractivity contribution in [3.63, 3.8) is 0 Å². The fourth-order valence-electron chi connectivity index (χ4n) is 2.57. The lowest BCUT2D eigenvalue weighted by molar-refractivity contribution is 0.699. The zero-order valence-electron chi connectivity index (χ0n) is 11.5. The highest BCUT2D eigenvalue weighted by molar-refractivity contribution is 7.17. The molecule has 0 amide bonds. The standard InChI is InChI=1S/C17H16ClNS/c1-11-7-8-13(15(18)9-11)17(19-2)14-10-20-16-6-4-3-5-12(14)16/h3-10,17,19H,1-2H3. The molecule has 3 heteroatoms. The van der Waals surface area contributed by atoms with Gasteiger partial charge in [-0.3, -0.25) is 0 Å². The lowest BCUT2D eigenvalue weighted by atomic mass is 9.97. The molecule has 1 aromatic heterocycles. The van der Waals surface area contributed by atoms with Crippen molar-refractivity contribution in [3.8, 4) is 0 Å². The van der Waals surface area contributed by atoms with E-state index in [1.165, 1.54) is 21.2 Å². The van der Waals surface area contributed by atoms with Crippen molar-refractivity contribution < 1.29 is 0 Å². The molecule has 0 bridgehead atoms. The summed E-state index contributed by atoms with van der Waals surface area (Å²) in [6.07, 6.45) is 0. The van der Waals surface area contributed by atoms with Crippen molar-refractivity contribution in [2.75, 3.05) is 7.05 Å². The Balaban J connectivity index is 2.14. The molecule has 3 rings (SSSR count). The molecule has 1 unspecified atom stereocenters. The number of hydrogen-bond donors (Lipinski definition) is 1. The number of rotatable bonds is 3. The van der Waals surface area contributed by atoms with E-state index < -0.39 is 0 Å². The second-order valence-corrected chi connectivity index (χ2v) is 6.25. The summed E-state index contributed by atoms with van der Waals surface area (Å²) in [5.41, 5.74) is 3.60. The molecule has 0 aliphatic rings. The zero-order chi connectivity index (χ0) is 14.1. The maximum atomic E-state index is 6.43. The minimum atomic E-state index is 0.124. The molecule has 0 saturated heterocycles. The first-order valence-electron chi connectivity index (χ1n) is 6.60. The molecule has 20 heavy (non-hydrogen) atoms. The number of fused-ring (bicyclic) bond motifs is 1. The number of hydrogen-bond acceptors (Lipinski definition) is 2. The third-order valence-electron chi connectivity index (χ3n) is 3.58. The number of thiophene rings is 1. The first kappa shape index (κ1) is 13.6. The summed E-state index contributed by atoms with van der Waals surface area (Å²) in [6, 6.07) is 14.9. The Kier molecular flexibility index (Phi) is 3.79. The Bertz CT molecular complexity index is 748. The van der Waals surface area contributed by atoms with E-state index in [4.69, 9.17) is 11.6 Å². The molecule has 3 aromatic rings. The molecule has 0 saturated carbocycles.